The molecule has 2 aliphatic rings. The van der Waals surface area contributed by atoms with Crippen molar-refractivity contribution in [1.82, 2.24) is 25.0 Å². The number of piperidine rings is 1. The van der Waals surface area contributed by atoms with Gasteiger partial charge in [-0.05, 0) is 38.4 Å². The van der Waals surface area contributed by atoms with Gasteiger partial charge >= 0.3 is 0 Å². The lowest BCUT2D eigenvalue weighted by molar-refractivity contribution is 0.0216. The van der Waals surface area contributed by atoms with Crippen LogP contribution in [0.25, 0.3) is 11.4 Å². The smallest absolute Gasteiger partial charge is 0.254 e. The fraction of sp³-hybridized carbons (Fsp3) is 0.550. The summed E-state index contributed by atoms with van der Waals surface area (Å²) in [6.45, 7) is 5.27. The van der Waals surface area contributed by atoms with Gasteiger partial charge in [-0.3, -0.25) is 9.89 Å². The minimum atomic E-state index is 0.0381. The number of H-pyrrole nitrogens is 1. The summed E-state index contributed by atoms with van der Waals surface area (Å²) in [6.07, 6.45) is 6.26. The maximum absolute atomic E-state index is 13.3. The van der Waals surface area contributed by atoms with Gasteiger partial charge in [0.25, 0.3) is 5.91 Å². The summed E-state index contributed by atoms with van der Waals surface area (Å²) in [4.78, 5) is 21.9. The normalized spacial score (nSPS) is 21.8. The Bertz CT molecular complexity index is 743. The molecule has 1 N–H and O–H groups in total. The molecule has 0 aliphatic carbocycles. The first-order valence-corrected chi connectivity index (χ1v) is 9.89. The molecule has 1 aromatic heterocycles. The van der Waals surface area contributed by atoms with Crippen LogP contribution in [0.4, 0.5) is 0 Å². The first kappa shape index (κ1) is 18.1. The zero-order valence-corrected chi connectivity index (χ0v) is 15.6. The average molecular weight is 369 g/mol. The van der Waals surface area contributed by atoms with Crippen LogP contribution >= 0.6 is 0 Å². The van der Waals surface area contributed by atoms with Crippen LogP contribution in [-0.4, -0.2) is 76.3 Å². The van der Waals surface area contributed by atoms with Gasteiger partial charge in [-0.15, -0.1) is 0 Å². The van der Waals surface area contributed by atoms with E-state index >= 15 is 0 Å². The number of likely N-dealkylation sites (tertiary alicyclic amines) is 1. The highest BCUT2D eigenvalue weighted by molar-refractivity contribution is 6.00. The maximum atomic E-state index is 13.3. The Hall–Kier alpha value is -2.25. The minimum Gasteiger partial charge on any atom is -0.375 e. The number of carbonyl (C=O) groups is 1. The Morgan fingerprint density at radius 1 is 1.15 bits per heavy atom. The predicted octanol–water partition coefficient (Wildman–Crippen LogP) is 2.19. The highest BCUT2D eigenvalue weighted by Gasteiger charge is 2.27. The first-order chi connectivity index (χ1) is 13.3. The molecule has 1 amide bonds. The van der Waals surface area contributed by atoms with E-state index in [0.717, 1.165) is 38.2 Å². The van der Waals surface area contributed by atoms with E-state index in [4.69, 9.17) is 4.74 Å². The monoisotopic (exact) mass is 369 g/mol. The van der Waals surface area contributed by atoms with Crippen LogP contribution in [-0.2, 0) is 4.74 Å². The molecule has 7 nitrogen and oxygen atoms in total. The third-order valence-corrected chi connectivity index (χ3v) is 5.38. The number of amides is 1. The summed E-state index contributed by atoms with van der Waals surface area (Å²) in [7, 11) is 0. The molecule has 0 bridgehead atoms. The second-order valence-electron chi connectivity index (χ2n) is 7.34. The second kappa shape index (κ2) is 8.63. The fourth-order valence-electron chi connectivity index (χ4n) is 4.00. The van der Waals surface area contributed by atoms with E-state index in [1.807, 2.05) is 29.2 Å². The lowest BCUT2D eigenvalue weighted by Gasteiger charge is -2.31. The van der Waals surface area contributed by atoms with Gasteiger partial charge in [0.1, 0.15) is 6.33 Å². The summed E-state index contributed by atoms with van der Waals surface area (Å²) in [5.74, 6) is 0.658. The highest BCUT2D eigenvalue weighted by atomic mass is 16.5. The van der Waals surface area contributed by atoms with Gasteiger partial charge in [0.05, 0.1) is 11.7 Å². The Morgan fingerprint density at radius 2 is 2.00 bits per heavy atom. The van der Waals surface area contributed by atoms with Crippen molar-refractivity contribution in [3.05, 3.63) is 36.2 Å². The topological polar surface area (TPSA) is 74.3 Å². The number of nitrogens with one attached hydrogen (secondary N) is 1. The van der Waals surface area contributed by atoms with Gasteiger partial charge in [-0.25, -0.2) is 4.98 Å². The largest absolute Gasteiger partial charge is 0.375 e. The van der Waals surface area contributed by atoms with Crippen molar-refractivity contribution in [2.24, 2.45) is 0 Å². The highest BCUT2D eigenvalue weighted by Crippen LogP contribution is 2.22. The second-order valence-corrected chi connectivity index (χ2v) is 7.34. The van der Waals surface area contributed by atoms with Gasteiger partial charge in [0.15, 0.2) is 5.82 Å². The molecule has 0 saturated carbocycles. The summed E-state index contributed by atoms with van der Waals surface area (Å²) < 4.78 is 6.06. The number of hydrogen-bond acceptors (Lipinski definition) is 5. The van der Waals surface area contributed by atoms with Gasteiger partial charge < -0.3 is 14.5 Å². The van der Waals surface area contributed by atoms with Crippen LogP contribution in [0.2, 0.25) is 0 Å². The van der Waals surface area contributed by atoms with Crippen molar-refractivity contribution >= 4 is 5.91 Å². The molecule has 7 heteroatoms. The molecule has 2 saturated heterocycles. The number of nitrogens with zero attached hydrogens (tertiary/aromatic N) is 4. The third-order valence-electron chi connectivity index (χ3n) is 5.38. The van der Waals surface area contributed by atoms with Crippen LogP contribution in [0, 0.1) is 0 Å². The Morgan fingerprint density at radius 3 is 2.81 bits per heavy atom. The zero-order valence-electron chi connectivity index (χ0n) is 15.6. The van der Waals surface area contributed by atoms with Gasteiger partial charge in [-0.2, -0.15) is 5.10 Å². The van der Waals surface area contributed by atoms with Crippen molar-refractivity contribution in [2.75, 3.05) is 39.3 Å². The molecule has 0 spiro atoms. The number of carbonyl (C=O) groups excluding carboxylic acids is 1. The molecule has 0 radical (unpaired) electrons. The molecule has 2 aromatic rings. The molecule has 4 rings (SSSR count). The zero-order chi connectivity index (χ0) is 18.5. The van der Waals surface area contributed by atoms with Crippen molar-refractivity contribution in [2.45, 2.75) is 31.8 Å². The maximum Gasteiger partial charge on any atom is 0.254 e. The first-order valence-electron chi connectivity index (χ1n) is 9.89. The van der Waals surface area contributed by atoms with Crippen LogP contribution in [0.15, 0.2) is 30.6 Å². The van der Waals surface area contributed by atoms with Crippen LogP contribution in [0.3, 0.4) is 0 Å². The molecule has 27 heavy (non-hydrogen) atoms. The number of rotatable bonds is 4. The van der Waals surface area contributed by atoms with E-state index in [1.54, 1.807) is 0 Å². The quantitative estimate of drug-likeness (QED) is 0.894. The molecule has 0 unspecified atom stereocenters. The van der Waals surface area contributed by atoms with E-state index in [9.17, 15) is 4.79 Å². The van der Waals surface area contributed by atoms with E-state index in [-0.39, 0.29) is 12.0 Å². The summed E-state index contributed by atoms with van der Waals surface area (Å²) >= 11 is 0. The van der Waals surface area contributed by atoms with Gasteiger partial charge in [0.2, 0.25) is 0 Å². The Balaban J connectivity index is 1.49. The van der Waals surface area contributed by atoms with Crippen LogP contribution in [0.5, 0.6) is 0 Å². The fourth-order valence-corrected chi connectivity index (χ4v) is 4.00. The van der Waals surface area contributed by atoms with E-state index in [1.165, 1.54) is 25.6 Å². The predicted molar refractivity (Wildman–Crippen MR) is 102 cm³/mol. The van der Waals surface area contributed by atoms with Crippen molar-refractivity contribution < 1.29 is 9.53 Å². The van der Waals surface area contributed by atoms with Crippen molar-refractivity contribution in [3.8, 4) is 11.4 Å². The molecular weight excluding hydrogens is 342 g/mol. The molecule has 2 aliphatic heterocycles. The van der Waals surface area contributed by atoms with E-state index < -0.39 is 0 Å². The number of ether oxygens (including phenoxy) is 1. The van der Waals surface area contributed by atoms with Gasteiger partial charge in [0, 0.05) is 31.8 Å². The Kier molecular flexibility index (Phi) is 5.79. The molecule has 144 valence electrons. The molecule has 1 aromatic carbocycles. The molecule has 2 fully saturated rings. The molecule has 3 heterocycles. The SMILES string of the molecule is O=C(c1ccccc1-c1ncn[nH]1)N1CCCO[C@H](CN2CCCCC2)C1. The number of aromatic nitrogens is 3. The molecular formula is C20H27N5O2. The third kappa shape index (κ3) is 4.36. The lowest BCUT2D eigenvalue weighted by atomic mass is 10.1. The van der Waals surface area contributed by atoms with E-state index in [0.29, 0.717) is 24.5 Å². The number of aromatic amines is 1. The molecule has 1 atom stereocenters. The van der Waals surface area contributed by atoms with Crippen molar-refractivity contribution in [1.29, 1.82) is 0 Å². The summed E-state index contributed by atoms with van der Waals surface area (Å²) in [6, 6.07) is 7.59. The number of benzene rings is 1. The standard InChI is InChI=1S/C20H27N5O2/c26-20(18-8-3-2-7-17(18)19-21-15-22-23-19)25-11-6-12-27-16(14-25)13-24-9-4-1-5-10-24/h2-3,7-8,15-16H,1,4-6,9-14H2,(H,21,22,23)/t16-/m1/s1. The van der Waals surface area contributed by atoms with Crippen LogP contribution < -0.4 is 0 Å². The Labute approximate surface area is 159 Å². The average Bonchev–Trinajstić information content (AvgIpc) is 3.15. The minimum absolute atomic E-state index is 0.0381. The van der Waals surface area contributed by atoms with Crippen LogP contribution in [0.1, 0.15) is 36.0 Å². The van der Waals surface area contributed by atoms with Gasteiger partial charge in [-0.1, -0.05) is 24.6 Å². The van der Waals surface area contributed by atoms with E-state index in [2.05, 4.69) is 20.1 Å². The summed E-state index contributed by atoms with van der Waals surface area (Å²) in [5, 5.41) is 6.78. The lowest BCUT2D eigenvalue weighted by Crippen LogP contribution is -2.44. The number of hydrogen-bond donors (Lipinski definition) is 1. The summed E-state index contributed by atoms with van der Waals surface area (Å²) in [5.41, 5.74) is 1.45. The van der Waals surface area contributed by atoms with Crippen molar-refractivity contribution in [3.63, 3.8) is 0 Å².